The molecule has 0 amide bonds. The van der Waals surface area contributed by atoms with Crippen molar-refractivity contribution in [3.05, 3.63) is 10.6 Å². The van der Waals surface area contributed by atoms with Gasteiger partial charge in [0.15, 0.2) is 10.9 Å². The number of morpholine rings is 1. The van der Waals surface area contributed by atoms with E-state index in [0.717, 1.165) is 51.6 Å². The Labute approximate surface area is 128 Å². The van der Waals surface area contributed by atoms with Gasteiger partial charge in [0.05, 0.1) is 13.2 Å². The van der Waals surface area contributed by atoms with Crippen LogP contribution in [0.4, 0.5) is 0 Å². The van der Waals surface area contributed by atoms with Crippen LogP contribution in [0.15, 0.2) is 0 Å². The summed E-state index contributed by atoms with van der Waals surface area (Å²) in [6, 6.07) is 0. The summed E-state index contributed by atoms with van der Waals surface area (Å²) in [5.74, 6) is 0.826. The molecule has 0 bridgehead atoms. The molecule has 112 valence electrons. The van der Waals surface area contributed by atoms with Crippen molar-refractivity contribution in [2.75, 3.05) is 44.8 Å². The Kier molecular flexibility index (Phi) is 5.89. The van der Waals surface area contributed by atoms with Crippen molar-refractivity contribution in [1.82, 2.24) is 25.1 Å². The van der Waals surface area contributed by atoms with Gasteiger partial charge in [-0.25, -0.2) is 4.68 Å². The Bertz CT molecular complexity index is 493. The standard InChI is InChI=1S/C11H20N6OS2/c1-2-9-13-14-11(20)17(9)15-10(19)12-3-4-16-5-7-18-8-6-16/h2-8H2,1H3,(H,14,20)(H2,12,15,19). The highest BCUT2D eigenvalue weighted by Gasteiger charge is 2.10. The van der Waals surface area contributed by atoms with E-state index in [4.69, 9.17) is 29.2 Å². The van der Waals surface area contributed by atoms with Gasteiger partial charge in [0.2, 0.25) is 4.77 Å². The van der Waals surface area contributed by atoms with E-state index in [1.165, 1.54) is 0 Å². The minimum atomic E-state index is 0.513. The number of aromatic nitrogens is 3. The number of thiocarbonyl (C=S) groups is 1. The number of hydrogen-bond acceptors (Lipinski definition) is 5. The molecule has 0 unspecified atom stereocenters. The van der Waals surface area contributed by atoms with Gasteiger partial charge >= 0.3 is 0 Å². The maximum Gasteiger partial charge on any atom is 0.214 e. The van der Waals surface area contributed by atoms with Crippen LogP contribution in [0.25, 0.3) is 0 Å². The molecule has 1 aromatic heterocycles. The Morgan fingerprint density at radius 2 is 2.20 bits per heavy atom. The summed E-state index contributed by atoms with van der Waals surface area (Å²) in [5, 5.41) is 10.6. The predicted molar refractivity (Wildman–Crippen MR) is 84.0 cm³/mol. The molecule has 0 spiro atoms. The second-order valence-electron chi connectivity index (χ2n) is 4.46. The number of nitrogens with zero attached hydrogens (tertiary/aromatic N) is 3. The monoisotopic (exact) mass is 316 g/mol. The highest BCUT2D eigenvalue weighted by Crippen LogP contribution is 1.96. The van der Waals surface area contributed by atoms with Gasteiger partial charge in [0.1, 0.15) is 0 Å². The molecule has 7 nitrogen and oxygen atoms in total. The summed E-state index contributed by atoms with van der Waals surface area (Å²) in [7, 11) is 0. The van der Waals surface area contributed by atoms with Crippen molar-refractivity contribution in [2.45, 2.75) is 13.3 Å². The van der Waals surface area contributed by atoms with E-state index < -0.39 is 0 Å². The molecule has 3 N–H and O–H groups in total. The number of ether oxygens (including phenoxy) is 1. The Morgan fingerprint density at radius 1 is 1.45 bits per heavy atom. The SMILES string of the molecule is CCc1n[nH]c(=S)n1NC(=S)NCCN1CCOCC1. The molecule has 0 radical (unpaired) electrons. The number of nitrogens with one attached hydrogen (secondary N) is 3. The minimum absolute atomic E-state index is 0.513. The van der Waals surface area contributed by atoms with E-state index in [-0.39, 0.29) is 0 Å². The minimum Gasteiger partial charge on any atom is -0.379 e. The molecule has 0 saturated carbocycles. The van der Waals surface area contributed by atoms with Crippen LogP contribution < -0.4 is 10.7 Å². The third-order valence-electron chi connectivity index (χ3n) is 3.09. The Hall–Kier alpha value is -1.03. The quantitative estimate of drug-likeness (QED) is 0.673. The molecule has 9 heteroatoms. The van der Waals surface area contributed by atoms with Gasteiger partial charge in [-0.1, -0.05) is 6.92 Å². The van der Waals surface area contributed by atoms with E-state index in [0.29, 0.717) is 9.88 Å². The Balaban J connectivity index is 1.74. The van der Waals surface area contributed by atoms with Gasteiger partial charge in [0, 0.05) is 32.6 Å². The highest BCUT2D eigenvalue weighted by atomic mass is 32.1. The molecule has 2 rings (SSSR count). The van der Waals surface area contributed by atoms with Crippen molar-refractivity contribution in [1.29, 1.82) is 0 Å². The van der Waals surface area contributed by atoms with Crippen molar-refractivity contribution in [2.24, 2.45) is 0 Å². The number of rotatable bonds is 5. The summed E-state index contributed by atoms with van der Waals surface area (Å²) >= 11 is 10.4. The number of aryl methyl sites for hydroxylation is 1. The van der Waals surface area contributed by atoms with Crippen molar-refractivity contribution in [3.8, 4) is 0 Å². The van der Waals surface area contributed by atoms with Crippen LogP contribution in [-0.4, -0.2) is 64.3 Å². The lowest BCUT2D eigenvalue weighted by atomic mass is 10.4. The van der Waals surface area contributed by atoms with Crippen LogP contribution >= 0.6 is 24.4 Å². The molecular formula is C11H20N6OS2. The van der Waals surface area contributed by atoms with Gasteiger partial charge in [-0.05, 0) is 24.4 Å². The average Bonchev–Trinajstić information content (AvgIpc) is 2.81. The molecule has 1 saturated heterocycles. The summed E-state index contributed by atoms with van der Waals surface area (Å²) < 4.78 is 7.52. The molecule has 1 aliphatic rings. The molecule has 20 heavy (non-hydrogen) atoms. The molecule has 1 aliphatic heterocycles. The predicted octanol–water partition coefficient (Wildman–Crippen LogP) is 0.253. The second kappa shape index (κ2) is 7.67. The highest BCUT2D eigenvalue weighted by molar-refractivity contribution is 7.80. The zero-order chi connectivity index (χ0) is 14.4. The lowest BCUT2D eigenvalue weighted by Crippen LogP contribution is -2.43. The van der Waals surface area contributed by atoms with Gasteiger partial charge < -0.3 is 10.1 Å². The number of aromatic amines is 1. The lowest BCUT2D eigenvalue weighted by Gasteiger charge is -2.26. The molecule has 2 heterocycles. The van der Waals surface area contributed by atoms with Gasteiger partial charge in [-0.2, -0.15) is 5.10 Å². The number of hydrogen-bond donors (Lipinski definition) is 3. The van der Waals surface area contributed by atoms with Crippen molar-refractivity contribution >= 4 is 29.5 Å². The van der Waals surface area contributed by atoms with Crippen molar-refractivity contribution in [3.63, 3.8) is 0 Å². The zero-order valence-electron chi connectivity index (χ0n) is 11.5. The largest absolute Gasteiger partial charge is 0.379 e. The fourth-order valence-corrected chi connectivity index (χ4v) is 2.37. The smallest absolute Gasteiger partial charge is 0.214 e. The third-order valence-corrected chi connectivity index (χ3v) is 3.60. The molecule has 0 atom stereocenters. The normalized spacial score (nSPS) is 16.1. The molecule has 1 fully saturated rings. The summed E-state index contributed by atoms with van der Waals surface area (Å²) in [5.41, 5.74) is 3.04. The fraction of sp³-hybridized carbons (Fsp3) is 0.727. The first-order valence-corrected chi connectivity index (χ1v) is 7.53. The first-order valence-electron chi connectivity index (χ1n) is 6.72. The van der Waals surface area contributed by atoms with E-state index in [2.05, 4.69) is 25.8 Å². The summed E-state index contributed by atoms with van der Waals surface area (Å²) in [6.07, 6.45) is 0.774. The maximum atomic E-state index is 5.31. The average molecular weight is 316 g/mol. The Morgan fingerprint density at radius 3 is 2.90 bits per heavy atom. The van der Waals surface area contributed by atoms with E-state index in [9.17, 15) is 0 Å². The van der Waals surface area contributed by atoms with Crippen LogP contribution in [-0.2, 0) is 11.2 Å². The molecule has 0 aliphatic carbocycles. The molecule has 1 aromatic rings. The van der Waals surface area contributed by atoms with Crippen LogP contribution in [0, 0.1) is 4.77 Å². The third kappa shape index (κ3) is 4.23. The van der Waals surface area contributed by atoms with Gasteiger partial charge in [0.25, 0.3) is 0 Å². The summed E-state index contributed by atoms with van der Waals surface area (Å²) in [6.45, 7) is 7.34. The van der Waals surface area contributed by atoms with Crippen LogP contribution in [0.3, 0.4) is 0 Å². The lowest BCUT2D eigenvalue weighted by molar-refractivity contribution is 0.0389. The number of H-pyrrole nitrogens is 1. The first-order chi connectivity index (χ1) is 9.70. The maximum absolute atomic E-state index is 5.31. The van der Waals surface area contributed by atoms with E-state index >= 15 is 0 Å². The second-order valence-corrected chi connectivity index (χ2v) is 5.25. The van der Waals surface area contributed by atoms with Crippen LogP contribution in [0.1, 0.15) is 12.7 Å². The van der Waals surface area contributed by atoms with Crippen LogP contribution in [0.2, 0.25) is 0 Å². The van der Waals surface area contributed by atoms with Gasteiger partial charge in [-0.15, -0.1) is 0 Å². The van der Waals surface area contributed by atoms with Crippen LogP contribution in [0.5, 0.6) is 0 Å². The van der Waals surface area contributed by atoms with E-state index in [1.807, 2.05) is 6.92 Å². The van der Waals surface area contributed by atoms with Gasteiger partial charge in [-0.3, -0.25) is 15.4 Å². The van der Waals surface area contributed by atoms with E-state index in [1.54, 1.807) is 4.68 Å². The molecule has 0 aromatic carbocycles. The topological polar surface area (TPSA) is 70.1 Å². The fourth-order valence-electron chi connectivity index (χ4n) is 1.98. The summed E-state index contributed by atoms with van der Waals surface area (Å²) in [4.78, 5) is 2.35. The van der Waals surface area contributed by atoms with Crippen molar-refractivity contribution < 1.29 is 4.74 Å². The molecular weight excluding hydrogens is 296 g/mol. The first kappa shape index (κ1) is 15.4. The zero-order valence-corrected chi connectivity index (χ0v) is 13.1.